The van der Waals surface area contributed by atoms with Gasteiger partial charge in [-0.25, -0.2) is 9.97 Å². The van der Waals surface area contributed by atoms with Crippen molar-refractivity contribution < 1.29 is 4.74 Å². The molecule has 0 radical (unpaired) electrons. The van der Waals surface area contributed by atoms with Gasteiger partial charge in [-0.3, -0.25) is 0 Å². The predicted molar refractivity (Wildman–Crippen MR) is 80.3 cm³/mol. The maximum absolute atomic E-state index is 5.89. The van der Waals surface area contributed by atoms with E-state index in [1.807, 2.05) is 35.7 Å². The average Bonchev–Trinajstić information content (AvgIpc) is 2.87. The molecule has 0 aliphatic rings. The summed E-state index contributed by atoms with van der Waals surface area (Å²) in [5, 5.41) is 2.85. The van der Waals surface area contributed by atoms with Crippen molar-refractivity contribution in [2.45, 2.75) is 6.61 Å². The number of benzene rings is 1. The van der Waals surface area contributed by atoms with E-state index in [0.29, 0.717) is 18.2 Å². The van der Waals surface area contributed by atoms with E-state index in [9.17, 15) is 0 Å². The van der Waals surface area contributed by atoms with Gasteiger partial charge >= 0.3 is 0 Å². The SMILES string of the molecule is Nc1nc(COc2ccccc2Br)nc2sccc12. The number of hydrogen-bond donors (Lipinski definition) is 1. The predicted octanol–water partition coefficient (Wildman–Crippen LogP) is 3.62. The first-order valence-electron chi connectivity index (χ1n) is 5.61. The number of ether oxygens (including phenoxy) is 1. The minimum atomic E-state index is 0.292. The van der Waals surface area contributed by atoms with Crippen LogP contribution in [0.5, 0.6) is 5.75 Å². The van der Waals surface area contributed by atoms with Gasteiger partial charge in [-0.2, -0.15) is 0 Å². The minimum Gasteiger partial charge on any atom is -0.484 e. The van der Waals surface area contributed by atoms with Crippen molar-refractivity contribution in [3.05, 3.63) is 46.0 Å². The molecule has 2 heterocycles. The Labute approximate surface area is 122 Å². The Morgan fingerprint density at radius 2 is 2.05 bits per heavy atom. The lowest BCUT2D eigenvalue weighted by Gasteiger charge is -2.07. The van der Waals surface area contributed by atoms with Crippen LogP contribution in [0.4, 0.5) is 5.82 Å². The van der Waals surface area contributed by atoms with Crippen LogP contribution in [-0.2, 0) is 6.61 Å². The fourth-order valence-corrected chi connectivity index (χ4v) is 2.88. The molecule has 2 aromatic heterocycles. The molecule has 0 bridgehead atoms. The molecule has 0 unspecified atom stereocenters. The van der Waals surface area contributed by atoms with Gasteiger partial charge in [0.25, 0.3) is 0 Å². The summed E-state index contributed by atoms with van der Waals surface area (Å²) < 4.78 is 6.58. The Balaban J connectivity index is 1.84. The van der Waals surface area contributed by atoms with Gasteiger partial charge in [-0.15, -0.1) is 11.3 Å². The first-order chi connectivity index (χ1) is 9.24. The van der Waals surface area contributed by atoms with Gasteiger partial charge in [0.1, 0.15) is 23.0 Å². The second-order valence-corrected chi connectivity index (χ2v) is 5.63. The zero-order chi connectivity index (χ0) is 13.2. The molecule has 1 aromatic carbocycles. The number of fused-ring (bicyclic) bond motifs is 1. The van der Waals surface area contributed by atoms with Crippen molar-refractivity contribution in [2.24, 2.45) is 0 Å². The molecule has 0 aliphatic heterocycles. The highest BCUT2D eigenvalue weighted by Crippen LogP contribution is 2.26. The normalized spacial score (nSPS) is 10.8. The third kappa shape index (κ3) is 2.54. The van der Waals surface area contributed by atoms with Gasteiger partial charge in [0, 0.05) is 0 Å². The van der Waals surface area contributed by atoms with Crippen molar-refractivity contribution in [3.8, 4) is 5.75 Å². The van der Waals surface area contributed by atoms with Crippen molar-refractivity contribution in [1.82, 2.24) is 9.97 Å². The van der Waals surface area contributed by atoms with Crippen LogP contribution in [0.15, 0.2) is 40.2 Å². The van der Waals surface area contributed by atoms with E-state index in [-0.39, 0.29) is 0 Å². The van der Waals surface area contributed by atoms with Crippen LogP contribution in [0.25, 0.3) is 10.2 Å². The Morgan fingerprint density at radius 1 is 1.21 bits per heavy atom. The van der Waals surface area contributed by atoms with E-state index in [1.165, 1.54) is 0 Å². The van der Waals surface area contributed by atoms with E-state index < -0.39 is 0 Å². The Bertz CT molecular complexity index is 729. The summed E-state index contributed by atoms with van der Waals surface area (Å²) in [5.41, 5.74) is 5.89. The molecule has 4 nitrogen and oxygen atoms in total. The second-order valence-electron chi connectivity index (χ2n) is 3.88. The molecule has 6 heteroatoms. The van der Waals surface area contributed by atoms with E-state index in [4.69, 9.17) is 10.5 Å². The maximum atomic E-state index is 5.89. The molecular formula is C13H10BrN3OS. The maximum Gasteiger partial charge on any atom is 0.169 e. The van der Waals surface area contributed by atoms with Crippen LogP contribution < -0.4 is 10.5 Å². The summed E-state index contributed by atoms with van der Waals surface area (Å²) in [6.45, 7) is 0.292. The molecule has 0 saturated heterocycles. The lowest BCUT2D eigenvalue weighted by molar-refractivity contribution is 0.295. The van der Waals surface area contributed by atoms with Crippen molar-refractivity contribution in [1.29, 1.82) is 0 Å². The summed E-state index contributed by atoms with van der Waals surface area (Å²) in [6, 6.07) is 9.58. The number of halogens is 1. The van der Waals surface area contributed by atoms with E-state index in [2.05, 4.69) is 25.9 Å². The number of aromatic nitrogens is 2. The van der Waals surface area contributed by atoms with Crippen molar-refractivity contribution in [2.75, 3.05) is 5.73 Å². The number of hydrogen-bond acceptors (Lipinski definition) is 5. The largest absolute Gasteiger partial charge is 0.484 e. The third-order valence-electron chi connectivity index (χ3n) is 2.59. The van der Waals surface area contributed by atoms with Gasteiger partial charge in [-0.05, 0) is 39.5 Å². The highest BCUT2D eigenvalue weighted by Gasteiger charge is 2.07. The lowest BCUT2D eigenvalue weighted by atomic mass is 10.3. The van der Waals surface area contributed by atoms with Gasteiger partial charge in [0.2, 0.25) is 0 Å². The summed E-state index contributed by atoms with van der Waals surface area (Å²) in [7, 11) is 0. The highest BCUT2D eigenvalue weighted by atomic mass is 79.9. The Kier molecular flexibility index (Phi) is 3.35. The lowest BCUT2D eigenvalue weighted by Crippen LogP contribution is -2.04. The van der Waals surface area contributed by atoms with Crippen LogP contribution in [-0.4, -0.2) is 9.97 Å². The van der Waals surface area contributed by atoms with Gasteiger partial charge in [0.05, 0.1) is 9.86 Å². The van der Waals surface area contributed by atoms with Gasteiger partial charge in [0.15, 0.2) is 5.82 Å². The molecule has 2 N–H and O–H groups in total. The number of nitrogens with two attached hydrogens (primary N) is 1. The van der Waals surface area contributed by atoms with Crippen LogP contribution in [0.3, 0.4) is 0 Å². The topological polar surface area (TPSA) is 61.0 Å². The average molecular weight is 336 g/mol. The number of anilines is 1. The van der Waals surface area contributed by atoms with Crippen LogP contribution in [0.1, 0.15) is 5.82 Å². The quantitative estimate of drug-likeness (QED) is 0.794. The monoisotopic (exact) mass is 335 g/mol. The molecule has 0 saturated carbocycles. The number of para-hydroxylation sites is 1. The Morgan fingerprint density at radius 3 is 2.89 bits per heavy atom. The standard InChI is InChI=1S/C13H10BrN3OS/c14-9-3-1-2-4-10(9)18-7-11-16-12(15)8-5-6-19-13(8)17-11/h1-6H,7H2,(H2,15,16,17). The summed E-state index contributed by atoms with van der Waals surface area (Å²) >= 11 is 4.97. The number of nitrogens with zero attached hydrogens (tertiary/aromatic N) is 2. The smallest absolute Gasteiger partial charge is 0.169 e. The third-order valence-corrected chi connectivity index (χ3v) is 4.06. The Hall–Kier alpha value is -1.66. The molecule has 96 valence electrons. The van der Waals surface area contributed by atoms with Crippen LogP contribution >= 0.6 is 27.3 Å². The van der Waals surface area contributed by atoms with Crippen molar-refractivity contribution >= 4 is 43.3 Å². The molecule has 0 aliphatic carbocycles. The van der Waals surface area contributed by atoms with Gasteiger partial charge < -0.3 is 10.5 Å². The first kappa shape index (κ1) is 12.4. The van der Waals surface area contributed by atoms with Crippen LogP contribution in [0.2, 0.25) is 0 Å². The summed E-state index contributed by atoms with van der Waals surface area (Å²) in [4.78, 5) is 9.57. The molecule has 3 rings (SSSR count). The van der Waals surface area contributed by atoms with E-state index in [0.717, 1.165) is 20.4 Å². The van der Waals surface area contributed by atoms with Crippen LogP contribution in [0, 0.1) is 0 Å². The zero-order valence-electron chi connectivity index (χ0n) is 9.84. The highest BCUT2D eigenvalue weighted by molar-refractivity contribution is 9.10. The molecule has 0 amide bonds. The second kappa shape index (κ2) is 5.14. The number of rotatable bonds is 3. The molecule has 0 atom stereocenters. The minimum absolute atomic E-state index is 0.292. The van der Waals surface area contributed by atoms with Gasteiger partial charge in [-0.1, -0.05) is 12.1 Å². The molecule has 0 fully saturated rings. The fourth-order valence-electron chi connectivity index (χ4n) is 1.69. The van der Waals surface area contributed by atoms with E-state index in [1.54, 1.807) is 11.3 Å². The number of thiophene rings is 1. The molecule has 3 aromatic rings. The summed E-state index contributed by atoms with van der Waals surface area (Å²) in [5.74, 6) is 1.84. The molecular weight excluding hydrogens is 326 g/mol. The summed E-state index contributed by atoms with van der Waals surface area (Å²) in [6.07, 6.45) is 0. The van der Waals surface area contributed by atoms with E-state index >= 15 is 0 Å². The van der Waals surface area contributed by atoms with Crippen molar-refractivity contribution in [3.63, 3.8) is 0 Å². The fraction of sp³-hybridized carbons (Fsp3) is 0.0769. The molecule has 19 heavy (non-hydrogen) atoms. The number of nitrogen functional groups attached to an aromatic ring is 1. The first-order valence-corrected chi connectivity index (χ1v) is 7.28. The zero-order valence-corrected chi connectivity index (χ0v) is 12.2. The molecule has 0 spiro atoms.